The number of hydrogen-bond acceptors (Lipinski definition) is 3. The number of imide groups is 1. The van der Waals surface area contributed by atoms with Gasteiger partial charge in [-0.15, -0.1) is 13.2 Å². The Hall–Kier alpha value is -3.24. The highest BCUT2D eigenvalue weighted by Crippen LogP contribution is 2.28. The van der Waals surface area contributed by atoms with Crippen LogP contribution in [0.25, 0.3) is 0 Å². The standard InChI is InChI=1S/C17H12F6N2O3/c1-24(13-7-6-9(8-12(13)20)28-17(21,22)23)16(27)25(2)15(26)14-10(18)4-3-5-11(14)19/h3-8H,1-2H3. The maximum Gasteiger partial charge on any atom is 0.573 e. The minimum absolute atomic E-state index is 0.334. The summed E-state index contributed by atoms with van der Waals surface area (Å²) in [5.74, 6) is -5.84. The fraction of sp³-hybridized carbons (Fsp3) is 0.176. The van der Waals surface area contributed by atoms with Crippen molar-refractivity contribution in [2.75, 3.05) is 19.0 Å². The van der Waals surface area contributed by atoms with Crippen molar-refractivity contribution in [2.24, 2.45) is 0 Å². The second-order valence-electron chi connectivity index (χ2n) is 5.46. The van der Waals surface area contributed by atoms with Crippen molar-refractivity contribution in [1.29, 1.82) is 0 Å². The Morgan fingerprint density at radius 1 is 0.929 bits per heavy atom. The number of benzene rings is 2. The molecule has 2 rings (SSSR count). The van der Waals surface area contributed by atoms with Gasteiger partial charge in [0.15, 0.2) is 5.82 Å². The number of alkyl halides is 3. The van der Waals surface area contributed by atoms with E-state index in [2.05, 4.69) is 4.74 Å². The molecule has 0 aliphatic rings. The van der Waals surface area contributed by atoms with Crippen LogP contribution in [0.4, 0.5) is 36.8 Å². The topological polar surface area (TPSA) is 49.9 Å². The highest BCUT2D eigenvalue weighted by atomic mass is 19.4. The highest BCUT2D eigenvalue weighted by Gasteiger charge is 2.32. The lowest BCUT2D eigenvalue weighted by molar-refractivity contribution is -0.274. The number of rotatable bonds is 3. The third kappa shape index (κ3) is 4.53. The summed E-state index contributed by atoms with van der Waals surface area (Å²) >= 11 is 0. The molecule has 0 N–H and O–H groups in total. The van der Waals surface area contributed by atoms with E-state index in [0.29, 0.717) is 15.9 Å². The number of ether oxygens (including phenoxy) is 1. The number of hydrogen-bond donors (Lipinski definition) is 0. The Kier molecular flexibility index (Phi) is 5.86. The van der Waals surface area contributed by atoms with Crippen molar-refractivity contribution in [3.8, 4) is 5.75 Å². The molecule has 11 heteroatoms. The smallest absolute Gasteiger partial charge is 0.406 e. The Bertz CT molecular complexity index is 896. The molecule has 2 aromatic carbocycles. The van der Waals surface area contributed by atoms with E-state index in [-0.39, 0.29) is 0 Å². The fourth-order valence-corrected chi connectivity index (χ4v) is 2.24. The molecule has 0 spiro atoms. The van der Waals surface area contributed by atoms with Gasteiger partial charge in [-0.1, -0.05) is 6.07 Å². The second-order valence-corrected chi connectivity index (χ2v) is 5.46. The van der Waals surface area contributed by atoms with Crippen molar-refractivity contribution in [1.82, 2.24) is 4.90 Å². The number of carbonyl (C=O) groups is 2. The van der Waals surface area contributed by atoms with Crippen LogP contribution in [0.1, 0.15) is 10.4 Å². The lowest BCUT2D eigenvalue weighted by atomic mass is 10.1. The summed E-state index contributed by atoms with van der Waals surface area (Å²) in [6.07, 6.45) is -5.04. The summed E-state index contributed by atoms with van der Waals surface area (Å²) in [5, 5.41) is 0. The number of anilines is 1. The molecule has 0 aromatic heterocycles. The van der Waals surface area contributed by atoms with Gasteiger partial charge < -0.3 is 4.74 Å². The van der Waals surface area contributed by atoms with Crippen molar-refractivity contribution in [3.05, 3.63) is 59.4 Å². The maximum absolute atomic E-state index is 14.1. The quantitative estimate of drug-likeness (QED) is 0.713. The molecule has 0 saturated carbocycles. The van der Waals surface area contributed by atoms with E-state index in [4.69, 9.17) is 0 Å². The molecule has 0 atom stereocenters. The van der Waals surface area contributed by atoms with Crippen LogP contribution >= 0.6 is 0 Å². The summed E-state index contributed by atoms with van der Waals surface area (Å²) < 4.78 is 81.6. The van der Waals surface area contributed by atoms with E-state index in [1.807, 2.05) is 0 Å². The lowest BCUT2D eigenvalue weighted by Crippen LogP contribution is -2.43. The molecule has 5 nitrogen and oxygen atoms in total. The molecule has 0 aliphatic heterocycles. The molecule has 0 bridgehead atoms. The van der Waals surface area contributed by atoms with Crippen LogP contribution < -0.4 is 9.64 Å². The second kappa shape index (κ2) is 7.79. The molecule has 0 saturated heterocycles. The van der Waals surface area contributed by atoms with E-state index in [9.17, 15) is 35.9 Å². The van der Waals surface area contributed by atoms with Crippen molar-refractivity contribution < 1.29 is 40.7 Å². The number of nitrogens with zero attached hydrogens (tertiary/aromatic N) is 2. The SMILES string of the molecule is CN(C(=O)c1c(F)cccc1F)C(=O)N(C)c1ccc(OC(F)(F)F)cc1F. The predicted molar refractivity (Wildman–Crippen MR) is 85.3 cm³/mol. The van der Waals surface area contributed by atoms with E-state index in [1.54, 1.807) is 0 Å². The third-order valence-electron chi connectivity index (χ3n) is 3.57. The average molecular weight is 406 g/mol. The Balaban J connectivity index is 2.25. The first-order chi connectivity index (χ1) is 12.9. The van der Waals surface area contributed by atoms with E-state index in [0.717, 1.165) is 44.4 Å². The van der Waals surface area contributed by atoms with Crippen LogP contribution in [-0.2, 0) is 0 Å². The Morgan fingerprint density at radius 2 is 1.50 bits per heavy atom. The van der Waals surface area contributed by atoms with Crippen molar-refractivity contribution in [3.63, 3.8) is 0 Å². The number of urea groups is 1. The van der Waals surface area contributed by atoms with Gasteiger partial charge in [0, 0.05) is 20.2 Å². The summed E-state index contributed by atoms with van der Waals surface area (Å²) in [7, 11) is 1.93. The Labute approximate surface area is 154 Å². The van der Waals surface area contributed by atoms with Gasteiger partial charge in [-0.2, -0.15) is 0 Å². The first-order valence-electron chi connectivity index (χ1n) is 7.47. The minimum Gasteiger partial charge on any atom is -0.406 e. The van der Waals surface area contributed by atoms with Gasteiger partial charge in [-0.25, -0.2) is 18.0 Å². The van der Waals surface area contributed by atoms with E-state index in [1.165, 1.54) is 0 Å². The first kappa shape index (κ1) is 21.1. The summed E-state index contributed by atoms with van der Waals surface area (Å²) in [6.45, 7) is 0. The van der Waals surface area contributed by atoms with E-state index < -0.39 is 52.8 Å². The normalized spacial score (nSPS) is 11.1. The van der Waals surface area contributed by atoms with Crippen LogP contribution in [0.3, 0.4) is 0 Å². The Morgan fingerprint density at radius 3 is 2.00 bits per heavy atom. The van der Waals surface area contributed by atoms with Crippen LogP contribution in [0.2, 0.25) is 0 Å². The number of halogens is 6. The van der Waals surface area contributed by atoms with Crippen LogP contribution in [-0.4, -0.2) is 37.3 Å². The molecule has 0 aliphatic carbocycles. The highest BCUT2D eigenvalue weighted by molar-refractivity contribution is 6.08. The largest absolute Gasteiger partial charge is 0.573 e. The molecular formula is C17H12F6N2O3. The minimum atomic E-state index is -5.04. The van der Waals surface area contributed by atoms with Gasteiger partial charge in [0.05, 0.1) is 5.69 Å². The summed E-state index contributed by atoms with van der Waals surface area (Å²) in [5.41, 5.74) is -1.48. The van der Waals surface area contributed by atoms with Crippen LogP contribution in [0.15, 0.2) is 36.4 Å². The molecule has 0 unspecified atom stereocenters. The molecule has 0 heterocycles. The monoisotopic (exact) mass is 406 g/mol. The van der Waals surface area contributed by atoms with Crippen molar-refractivity contribution in [2.45, 2.75) is 6.36 Å². The zero-order valence-corrected chi connectivity index (χ0v) is 14.4. The average Bonchev–Trinajstić information content (AvgIpc) is 2.58. The zero-order valence-electron chi connectivity index (χ0n) is 14.4. The predicted octanol–water partition coefficient (Wildman–Crippen LogP) is 4.33. The van der Waals surface area contributed by atoms with E-state index >= 15 is 0 Å². The van der Waals surface area contributed by atoms with Gasteiger partial charge in [0.2, 0.25) is 0 Å². The molecular weight excluding hydrogens is 394 g/mol. The maximum atomic E-state index is 14.1. The molecule has 3 amide bonds. The zero-order chi connectivity index (χ0) is 21.2. The number of carbonyl (C=O) groups excluding carboxylic acids is 2. The lowest BCUT2D eigenvalue weighted by Gasteiger charge is -2.24. The van der Waals surface area contributed by atoms with Crippen LogP contribution in [0.5, 0.6) is 5.75 Å². The van der Waals surface area contributed by atoms with Gasteiger partial charge in [-0.3, -0.25) is 14.6 Å². The number of amides is 3. The van der Waals surface area contributed by atoms with Gasteiger partial charge in [0.25, 0.3) is 5.91 Å². The van der Waals surface area contributed by atoms with Crippen LogP contribution in [0, 0.1) is 17.5 Å². The van der Waals surface area contributed by atoms with Gasteiger partial charge in [-0.05, 0) is 24.3 Å². The van der Waals surface area contributed by atoms with Crippen molar-refractivity contribution >= 4 is 17.6 Å². The van der Waals surface area contributed by atoms with Gasteiger partial charge in [0.1, 0.15) is 22.9 Å². The molecule has 0 radical (unpaired) electrons. The molecule has 150 valence electrons. The molecule has 28 heavy (non-hydrogen) atoms. The molecule has 2 aromatic rings. The fourth-order valence-electron chi connectivity index (χ4n) is 2.24. The summed E-state index contributed by atoms with van der Waals surface area (Å²) in [6, 6.07) is 3.44. The molecule has 0 fully saturated rings. The van der Waals surface area contributed by atoms with Gasteiger partial charge >= 0.3 is 12.4 Å². The summed E-state index contributed by atoms with van der Waals surface area (Å²) in [4.78, 5) is 25.5. The third-order valence-corrected chi connectivity index (χ3v) is 3.57. The first-order valence-corrected chi connectivity index (χ1v) is 7.47.